The van der Waals surface area contributed by atoms with Crippen LogP contribution in [0.5, 0.6) is 5.88 Å². The van der Waals surface area contributed by atoms with Crippen LogP contribution in [0.15, 0.2) is 24.4 Å². The molecule has 0 spiro atoms. The van der Waals surface area contributed by atoms with Gasteiger partial charge in [-0.1, -0.05) is 25.3 Å². The minimum absolute atomic E-state index is 0.158. The normalized spacial score (nSPS) is 30.2. The molecule has 2 unspecified atom stereocenters. The standard InChI is InChI=1S/C19H27N3O2/c23-19(21-14-6-2-1-3-7-14)22-15-9-10-16(22)13-17(12-15)24-18-8-4-5-11-20-18/h4-5,8,11,14-17H,1-3,6-7,9-10,12-13H2,(H,21,23). The molecule has 4 rings (SSSR count). The number of hydrogen-bond donors (Lipinski definition) is 1. The van der Waals surface area contributed by atoms with Gasteiger partial charge >= 0.3 is 6.03 Å². The summed E-state index contributed by atoms with van der Waals surface area (Å²) in [7, 11) is 0. The molecule has 3 fully saturated rings. The predicted molar refractivity (Wildman–Crippen MR) is 91.9 cm³/mol. The molecular weight excluding hydrogens is 302 g/mol. The van der Waals surface area contributed by atoms with Crippen molar-refractivity contribution < 1.29 is 9.53 Å². The van der Waals surface area contributed by atoms with E-state index in [2.05, 4.69) is 15.2 Å². The van der Waals surface area contributed by atoms with Crippen LogP contribution in [-0.4, -0.2) is 40.1 Å². The van der Waals surface area contributed by atoms with Crippen LogP contribution in [0.1, 0.15) is 57.8 Å². The lowest BCUT2D eigenvalue weighted by Gasteiger charge is -2.39. The Bertz CT molecular complexity index is 545. The zero-order valence-electron chi connectivity index (χ0n) is 14.2. The van der Waals surface area contributed by atoms with Gasteiger partial charge in [-0.3, -0.25) is 0 Å². The fourth-order valence-corrected chi connectivity index (χ4v) is 4.64. The lowest BCUT2D eigenvalue weighted by Crippen LogP contribution is -2.54. The Kier molecular flexibility index (Phi) is 4.58. The van der Waals surface area contributed by atoms with Gasteiger partial charge in [0.25, 0.3) is 0 Å². The Morgan fingerprint density at radius 3 is 2.50 bits per heavy atom. The van der Waals surface area contributed by atoms with Crippen LogP contribution < -0.4 is 10.1 Å². The summed E-state index contributed by atoms with van der Waals surface area (Å²) < 4.78 is 6.04. The van der Waals surface area contributed by atoms with Gasteiger partial charge in [-0.2, -0.15) is 0 Å². The van der Waals surface area contributed by atoms with Crippen molar-refractivity contribution in [3.63, 3.8) is 0 Å². The monoisotopic (exact) mass is 329 g/mol. The molecule has 5 heteroatoms. The van der Waals surface area contributed by atoms with Gasteiger partial charge in [0.2, 0.25) is 5.88 Å². The lowest BCUT2D eigenvalue weighted by molar-refractivity contribution is 0.0646. The van der Waals surface area contributed by atoms with E-state index in [-0.39, 0.29) is 12.1 Å². The first-order valence-electron chi connectivity index (χ1n) is 9.46. The van der Waals surface area contributed by atoms with Crippen molar-refractivity contribution in [2.24, 2.45) is 0 Å². The summed E-state index contributed by atoms with van der Waals surface area (Å²) in [6.45, 7) is 0. The van der Waals surface area contributed by atoms with Gasteiger partial charge in [0.05, 0.1) is 0 Å². The fraction of sp³-hybridized carbons (Fsp3) is 0.684. The quantitative estimate of drug-likeness (QED) is 0.923. The van der Waals surface area contributed by atoms with Crippen molar-refractivity contribution in [2.45, 2.75) is 82.0 Å². The van der Waals surface area contributed by atoms with Gasteiger partial charge in [-0.15, -0.1) is 0 Å². The topological polar surface area (TPSA) is 54.5 Å². The molecule has 0 radical (unpaired) electrons. The summed E-state index contributed by atoms with van der Waals surface area (Å²) in [6.07, 6.45) is 12.1. The second kappa shape index (κ2) is 6.99. The fourth-order valence-electron chi connectivity index (χ4n) is 4.64. The average Bonchev–Trinajstić information content (AvgIpc) is 2.88. The molecule has 1 N–H and O–H groups in total. The Hall–Kier alpha value is -1.78. The number of carbonyl (C=O) groups excluding carboxylic acids is 1. The van der Waals surface area contributed by atoms with Gasteiger partial charge in [-0.25, -0.2) is 9.78 Å². The Balaban J connectivity index is 1.35. The van der Waals surface area contributed by atoms with Crippen LogP contribution in [0, 0.1) is 0 Å². The molecule has 2 saturated heterocycles. The molecule has 3 aliphatic rings. The van der Waals surface area contributed by atoms with E-state index in [9.17, 15) is 4.79 Å². The van der Waals surface area contributed by atoms with E-state index in [0.29, 0.717) is 24.0 Å². The van der Waals surface area contributed by atoms with E-state index in [1.807, 2.05) is 18.2 Å². The number of aromatic nitrogens is 1. The molecule has 0 aromatic carbocycles. The van der Waals surface area contributed by atoms with Crippen molar-refractivity contribution in [1.29, 1.82) is 0 Å². The Morgan fingerprint density at radius 1 is 1.08 bits per heavy atom. The summed E-state index contributed by atoms with van der Waals surface area (Å²) >= 11 is 0. The SMILES string of the molecule is O=C(NC1CCCCC1)N1C2CCC1CC(Oc1ccccn1)C2. The zero-order valence-corrected chi connectivity index (χ0v) is 14.2. The third-order valence-electron chi connectivity index (χ3n) is 5.78. The molecule has 2 amide bonds. The molecule has 1 saturated carbocycles. The third kappa shape index (κ3) is 3.35. The number of carbonyl (C=O) groups is 1. The van der Waals surface area contributed by atoms with E-state index in [1.165, 1.54) is 19.3 Å². The Labute approximate surface area is 143 Å². The van der Waals surface area contributed by atoms with Gasteiger partial charge in [0.15, 0.2) is 0 Å². The molecule has 24 heavy (non-hydrogen) atoms. The molecule has 3 heterocycles. The van der Waals surface area contributed by atoms with Crippen molar-refractivity contribution in [1.82, 2.24) is 15.2 Å². The molecular formula is C19H27N3O2. The molecule has 5 nitrogen and oxygen atoms in total. The number of ether oxygens (including phenoxy) is 1. The second-order valence-corrected chi connectivity index (χ2v) is 7.46. The average molecular weight is 329 g/mol. The van der Waals surface area contributed by atoms with Crippen molar-refractivity contribution >= 4 is 6.03 Å². The van der Waals surface area contributed by atoms with Crippen molar-refractivity contribution in [3.05, 3.63) is 24.4 Å². The first-order valence-corrected chi connectivity index (χ1v) is 9.46. The second-order valence-electron chi connectivity index (χ2n) is 7.46. The van der Waals surface area contributed by atoms with Gasteiger partial charge < -0.3 is 15.0 Å². The highest BCUT2D eigenvalue weighted by molar-refractivity contribution is 5.75. The van der Waals surface area contributed by atoms with Crippen LogP contribution >= 0.6 is 0 Å². The smallest absolute Gasteiger partial charge is 0.318 e. The van der Waals surface area contributed by atoms with Crippen LogP contribution in [0.4, 0.5) is 4.79 Å². The van der Waals surface area contributed by atoms with Gasteiger partial charge in [0, 0.05) is 43.2 Å². The van der Waals surface area contributed by atoms with E-state index in [1.54, 1.807) is 6.20 Å². The van der Waals surface area contributed by atoms with E-state index in [0.717, 1.165) is 38.5 Å². The van der Waals surface area contributed by atoms with Crippen LogP contribution in [0.2, 0.25) is 0 Å². The maximum atomic E-state index is 12.8. The highest BCUT2D eigenvalue weighted by Gasteiger charge is 2.44. The number of nitrogens with one attached hydrogen (secondary N) is 1. The molecule has 2 bridgehead atoms. The summed E-state index contributed by atoms with van der Waals surface area (Å²) in [6, 6.07) is 6.93. The number of piperidine rings is 1. The first kappa shape index (κ1) is 15.7. The summed E-state index contributed by atoms with van der Waals surface area (Å²) in [4.78, 5) is 19.1. The van der Waals surface area contributed by atoms with Crippen LogP contribution in [0.25, 0.3) is 0 Å². The van der Waals surface area contributed by atoms with Gasteiger partial charge in [-0.05, 0) is 31.7 Å². The number of urea groups is 1. The van der Waals surface area contributed by atoms with E-state index in [4.69, 9.17) is 4.74 Å². The molecule has 1 aromatic heterocycles. The largest absolute Gasteiger partial charge is 0.474 e. The summed E-state index contributed by atoms with van der Waals surface area (Å²) in [5.41, 5.74) is 0. The number of amides is 2. The number of fused-ring (bicyclic) bond motifs is 2. The lowest BCUT2D eigenvalue weighted by atomic mass is 9.95. The minimum Gasteiger partial charge on any atom is -0.474 e. The molecule has 1 aliphatic carbocycles. The van der Waals surface area contributed by atoms with Gasteiger partial charge in [0.1, 0.15) is 6.10 Å². The predicted octanol–water partition coefficient (Wildman–Crippen LogP) is 3.50. The number of pyridine rings is 1. The Morgan fingerprint density at radius 2 is 1.83 bits per heavy atom. The number of hydrogen-bond acceptors (Lipinski definition) is 3. The molecule has 130 valence electrons. The van der Waals surface area contributed by atoms with Crippen molar-refractivity contribution in [2.75, 3.05) is 0 Å². The molecule has 2 aliphatic heterocycles. The first-order chi connectivity index (χ1) is 11.8. The maximum absolute atomic E-state index is 12.8. The van der Waals surface area contributed by atoms with Crippen LogP contribution in [-0.2, 0) is 0 Å². The highest BCUT2D eigenvalue weighted by Crippen LogP contribution is 2.37. The number of rotatable bonds is 3. The zero-order chi connectivity index (χ0) is 16.4. The maximum Gasteiger partial charge on any atom is 0.318 e. The third-order valence-corrected chi connectivity index (χ3v) is 5.78. The number of nitrogens with zero attached hydrogens (tertiary/aromatic N) is 2. The molecule has 2 atom stereocenters. The highest BCUT2D eigenvalue weighted by atomic mass is 16.5. The van der Waals surface area contributed by atoms with Crippen molar-refractivity contribution in [3.8, 4) is 5.88 Å². The molecule has 1 aromatic rings. The van der Waals surface area contributed by atoms with E-state index < -0.39 is 0 Å². The summed E-state index contributed by atoms with van der Waals surface area (Å²) in [5.74, 6) is 0.696. The van der Waals surface area contributed by atoms with Crippen LogP contribution in [0.3, 0.4) is 0 Å². The summed E-state index contributed by atoms with van der Waals surface area (Å²) in [5, 5.41) is 3.29. The minimum atomic E-state index is 0.158. The van der Waals surface area contributed by atoms with E-state index >= 15 is 0 Å².